The smallest absolute Gasteiger partial charge is 0.146 e. The Kier molecular flexibility index (Phi) is 3.72. The van der Waals surface area contributed by atoms with E-state index in [1.165, 1.54) is 0 Å². The normalized spacial score (nSPS) is 23.1. The first-order valence-corrected chi connectivity index (χ1v) is 3.70. The molecule has 3 heteroatoms. The molecule has 10 heavy (non-hydrogen) atoms. The number of rotatable bonds is 6. The first-order chi connectivity index (χ1) is 4.93. The van der Waals surface area contributed by atoms with Crippen LogP contribution in [0.1, 0.15) is 13.3 Å². The van der Waals surface area contributed by atoms with Crippen LogP contribution in [0.5, 0.6) is 0 Å². The molecule has 3 nitrogen and oxygen atoms in total. The van der Waals surface area contributed by atoms with Crippen LogP contribution in [0, 0.1) is 0 Å². The third kappa shape index (κ3) is 3.82. The minimum Gasteiger partial charge on any atom is -0.371 e. The first-order valence-electron chi connectivity index (χ1n) is 3.70. The van der Waals surface area contributed by atoms with Gasteiger partial charge in [-0.2, -0.15) is 0 Å². The molecule has 0 aromatic heterocycles. The fourth-order valence-electron chi connectivity index (χ4n) is 0.606. The number of hydrogen-bond donors (Lipinski definition) is 0. The Morgan fingerprint density at radius 3 is 2.90 bits per heavy atom. The molecule has 1 aliphatic rings. The minimum atomic E-state index is 0.352. The summed E-state index contributed by atoms with van der Waals surface area (Å²) < 4.78 is 15.1. The van der Waals surface area contributed by atoms with Gasteiger partial charge in [-0.05, 0) is 6.42 Å². The molecule has 60 valence electrons. The van der Waals surface area contributed by atoms with Crippen molar-refractivity contribution in [2.24, 2.45) is 0 Å². The molecule has 1 saturated heterocycles. The van der Waals surface area contributed by atoms with Gasteiger partial charge in [-0.25, -0.2) is 0 Å². The Hall–Kier alpha value is -0.120. The van der Waals surface area contributed by atoms with Gasteiger partial charge >= 0.3 is 0 Å². The van der Waals surface area contributed by atoms with Crippen LogP contribution >= 0.6 is 0 Å². The van der Waals surface area contributed by atoms with Crippen LogP contribution in [-0.2, 0) is 14.2 Å². The number of epoxide rings is 1. The molecular weight excluding hydrogens is 132 g/mol. The highest BCUT2D eigenvalue weighted by Gasteiger charge is 2.21. The molecule has 1 unspecified atom stereocenters. The molecule has 1 rings (SSSR count). The predicted octanol–water partition coefficient (Wildman–Crippen LogP) is 0.786. The number of hydrogen-bond acceptors (Lipinski definition) is 3. The fraction of sp³-hybridized carbons (Fsp3) is 1.00. The summed E-state index contributed by atoms with van der Waals surface area (Å²) in [5.74, 6) is 0. The van der Waals surface area contributed by atoms with Gasteiger partial charge in [-0.3, -0.25) is 0 Å². The fourth-order valence-corrected chi connectivity index (χ4v) is 0.606. The third-order valence-electron chi connectivity index (χ3n) is 1.22. The van der Waals surface area contributed by atoms with Gasteiger partial charge in [0, 0.05) is 6.61 Å². The van der Waals surface area contributed by atoms with Gasteiger partial charge in [0.05, 0.1) is 13.2 Å². The summed E-state index contributed by atoms with van der Waals surface area (Å²) >= 11 is 0. The van der Waals surface area contributed by atoms with E-state index in [-0.39, 0.29) is 0 Å². The summed E-state index contributed by atoms with van der Waals surface area (Å²) in [7, 11) is 0. The molecule has 0 amide bonds. The average Bonchev–Trinajstić information content (AvgIpc) is 2.71. The van der Waals surface area contributed by atoms with Crippen molar-refractivity contribution in [1.29, 1.82) is 0 Å². The molecule has 0 saturated carbocycles. The molecule has 1 aliphatic heterocycles. The molecule has 0 aliphatic carbocycles. The lowest BCUT2D eigenvalue weighted by Gasteiger charge is -2.01. The SMILES string of the molecule is CCCOCOCC1CO1. The molecule has 1 atom stereocenters. The van der Waals surface area contributed by atoms with Crippen LogP contribution in [0.15, 0.2) is 0 Å². The van der Waals surface area contributed by atoms with Crippen molar-refractivity contribution >= 4 is 0 Å². The van der Waals surface area contributed by atoms with Crippen molar-refractivity contribution in [2.45, 2.75) is 19.4 Å². The second-order valence-corrected chi connectivity index (χ2v) is 2.35. The molecule has 1 fully saturated rings. The molecule has 0 spiro atoms. The Labute approximate surface area is 61.3 Å². The van der Waals surface area contributed by atoms with Crippen molar-refractivity contribution in [1.82, 2.24) is 0 Å². The average molecular weight is 146 g/mol. The maximum atomic E-state index is 5.11. The Morgan fingerprint density at radius 1 is 1.50 bits per heavy atom. The van der Waals surface area contributed by atoms with Crippen LogP contribution in [0.3, 0.4) is 0 Å². The van der Waals surface area contributed by atoms with Gasteiger partial charge in [-0.1, -0.05) is 6.92 Å². The molecular formula is C7H14O3. The summed E-state index contributed by atoms with van der Waals surface area (Å²) in [5.41, 5.74) is 0. The lowest BCUT2D eigenvalue weighted by Crippen LogP contribution is -2.05. The second kappa shape index (κ2) is 4.66. The molecule has 0 radical (unpaired) electrons. The Morgan fingerprint density at radius 2 is 2.30 bits per heavy atom. The second-order valence-electron chi connectivity index (χ2n) is 2.35. The summed E-state index contributed by atoms with van der Waals surface area (Å²) in [6.45, 7) is 4.81. The van der Waals surface area contributed by atoms with E-state index in [1.54, 1.807) is 0 Å². The zero-order chi connectivity index (χ0) is 7.23. The topological polar surface area (TPSA) is 31.0 Å². The van der Waals surface area contributed by atoms with Crippen LogP contribution in [0.2, 0.25) is 0 Å². The highest BCUT2D eigenvalue weighted by atomic mass is 16.7. The molecule has 0 aromatic carbocycles. The van der Waals surface area contributed by atoms with E-state index >= 15 is 0 Å². The molecule has 0 N–H and O–H groups in total. The van der Waals surface area contributed by atoms with E-state index in [1.807, 2.05) is 0 Å². The van der Waals surface area contributed by atoms with Gasteiger partial charge in [0.1, 0.15) is 12.9 Å². The van der Waals surface area contributed by atoms with Crippen molar-refractivity contribution < 1.29 is 14.2 Å². The zero-order valence-electron chi connectivity index (χ0n) is 6.34. The van der Waals surface area contributed by atoms with Gasteiger partial charge in [0.2, 0.25) is 0 Å². The summed E-state index contributed by atoms with van der Waals surface area (Å²) in [4.78, 5) is 0. The maximum absolute atomic E-state index is 5.11. The highest BCUT2D eigenvalue weighted by molar-refractivity contribution is 4.66. The Bertz CT molecular complexity index is 80.9. The van der Waals surface area contributed by atoms with Crippen LogP contribution in [-0.4, -0.2) is 32.7 Å². The van der Waals surface area contributed by atoms with E-state index in [4.69, 9.17) is 14.2 Å². The lowest BCUT2D eigenvalue weighted by molar-refractivity contribution is -0.0572. The monoisotopic (exact) mass is 146 g/mol. The standard InChI is InChI=1S/C7H14O3/c1-2-3-8-6-9-4-7-5-10-7/h7H,2-6H2,1H3. The van der Waals surface area contributed by atoms with Gasteiger partial charge in [0.15, 0.2) is 0 Å². The maximum Gasteiger partial charge on any atom is 0.146 e. The van der Waals surface area contributed by atoms with Crippen molar-refractivity contribution in [2.75, 3.05) is 26.6 Å². The minimum absolute atomic E-state index is 0.352. The summed E-state index contributed by atoms with van der Waals surface area (Å²) in [5, 5.41) is 0. The Balaban J connectivity index is 1.68. The van der Waals surface area contributed by atoms with Crippen molar-refractivity contribution in [3.63, 3.8) is 0 Å². The quantitative estimate of drug-likeness (QED) is 0.315. The van der Waals surface area contributed by atoms with Crippen LogP contribution in [0.25, 0.3) is 0 Å². The summed E-state index contributed by atoms with van der Waals surface area (Å²) in [6, 6.07) is 0. The van der Waals surface area contributed by atoms with Crippen LogP contribution < -0.4 is 0 Å². The van der Waals surface area contributed by atoms with Gasteiger partial charge in [0.25, 0.3) is 0 Å². The van der Waals surface area contributed by atoms with E-state index in [2.05, 4.69) is 6.92 Å². The largest absolute Gasteiger partial charge is 0.371 e. The van der Waals surface area contributed by atoms with E-state index in [0.29, 0.717) is 19.5 Å². The van der Waals surface area contributed by atoms with E-state index in [9.17, 15) is 0 Å². The molecule has 0 bridgehead atoms. The molecule has 0 aromatic rings. The van der Waals surface area contributed by atoms with Crippen LogP contribution in [0.4, 0.5) is 0 Å². The van der Waals surface area contributed by atoms with E-state index < -0.39 is 0 Å². The van der Waals surface area contributed by atoms with E-state index in [0.717, 1.165) is 19.6 Å². The van der Waals surface area contributed by atoms with Crippen molar-refractivity contribution in [3.8, 4) is 0 Å². The van der Waals surface area contributed by atoms with Gasteiger partial charge < -0.3 is 14.2 Å². The lowest BCUT2D eigenvalue weighted by atomic mass is 10.5. The summed E-state index contributed by atoms with van der Waals surface area (Å²) in [6.07, 6.45) is 1.40. The highest BCUT2D eigenvalue weighted by Crippen LogP contribution is 2.07. The first kappa shape index (κ1) is 7.98. The van der Waals surface area contributed by atoms with Gasteiger partial charge in [-0.15, -0.1) is 0 Å². The van der Waals surface area contributed by atoms with Crippen molar-refractivity contribution in [3.05, 3.63) is 0 Å². The third-order valence-corrected chi connectivity index (χ3v) is 1.22. The predicted molar refractivity (Wildman–Crippen MR) is 36.8 cm³/mol. The zero-order valence-corrected chi connectivity index (χ0v) is 6.34. The number of ether oxygens (including phenoxy) is 3. The molecule has 1 heterocycles.